The molecule has 3 nitrogen and oxygen atoms in total. The Morgan fingerprint density at radius 2 is 1.86 bits per heavy atom. The summed E-state index contributed by atoms with van der Waals surface area (Å²) < 4.78 is 13.1. The highest BCUT2D eigenvalue weighted by atomic mass is 32.1. The second-order valence-electron chi connectivity index (χ2n) is 5.00. The van der Waals surface area contributed by atoms with Crippen molar-refractivity contribution in [2.45, 2.75) is 25.2 Å². The summed E-state index contributed by atoms with van der Waals surface area (Å²) in [4.78, 5) is 14.0. The number of aliphatic carboxylic acids is 1. The van der Waals surface area contributed by atoms with Gasteiger partial charge in [-0.15, -0.1) is 11.3 Å². The third kappa shape index (κ3) is 3.14. The largest absolute Gasteiger partial charge is 0.481 e. The van der Waals surface area contributed by atoms with Gasteiger partial charge in [0.05, 0.1) is 0 Å². The third-order valence-electron chi connectivity index (χ3n) is 3.70. The zero-order chi connectivity index (χ0) is 15.5. The Labute approximate surface area is 127 Å². The van der Waals surface area contributed by atoms with E-state index >= 15 is 0 Å². The van der Waals surface area contributed by atoms with Crippen LogP contribution in [0, 0.1) is 5.82 Å². The quantitative estimate of drug-likeness (QED) is 0.862. The van der Waals surface area contributed by atoms with Gasteiger partial charge >= 0.3 is 5.97 Å². The summed E-state index contributed by atoms with van der Waals surface area (Å²) in [6.45, 7) is 2.02. The van der Waals surface area contributed by atoms with Gasteiger partial charge in [0.1, 0.15) is 11.2 Å². The molecule has 2 aromatic rings. The number of hydrogen-bond acceptors (Lipinski definition) is 3. The topological polar surface area (TPSA) is 63.3 Å². The summed E-state index contributed by atoms with van der Waals surface area (Å²) >= 11 is 1.60. The molecule has 3 N–H and O–H groups in total. The molecule has 112 valence electrons. The molecule has 1 aromatic carbocycles. The fourth-order valence-electron chi connectivity index (χ4n) is 2.35. The summed E-state index contributed by atoms with van der Waals surface area (Å²) in [5.74, 6) is -1.37. The van der Waals surface area contributed by atoms with Gasteiger partial charge in [0.2, 0.25) is 0 Å². The predicted molar refractivity (Wildman–Crippen MR) is 82.2 cm³/mol. The summed E-state index contributed by atoms with van der Waals surface area (Å²) in [6, 6.07) is 9.51. The first-order valence-corrected chi connectivity index (χ1v) is 7.60. The molecule has 21 heavy (non-hydrogen) atoms. The smallest absolute Gasteiger partial charge is 0.315 e. The number of nitrogens with two attached hydrogens (primary N) is 1. The molecule has 1 aromatic heterocycles. The van der Waals surface area contributed by atoms with Crippen LogP contribution in [0.4, 0.5) is 4.39 Å². The van der Waals surface area contributed by atoms with E-state index in [9.17, 15) is 14.3 Å². The Bertz CT molecular complexity index is 623. The van der Waals surface area contributed by atoms with Crippen LogP contribution in [0.5, 0.6) is 0 Å². The first-order valence-electron chi connectivity index (χ1n) is 6.79. The second-order valence-corrected chi connectivity index (χ2v) is 6.25. The van der Waals surface area contributed by atoms with Crippen molar-refractivity contribution < 1.29 is 14.3 Å². The van der Waals surface area contributed by atoms with Gasteiger partial charge in [-0.2, -0.15) is 0 Å². The van der Waals surface area contributed by atoms with E-state index in [1.54, 1.807) is 11.3 Å². The van der Waals surface area contributed by atoms with Crippen LogP contribution in [0.3, 0.4) is 0 Å². The van der Waals surface area contributed by atoms with Crippen LogP contribution < -0.4 is 5.73 Å². The van der Waals surface area contributed by atoms with Crippen molar-refractivity contribution in [2.24, 2.45) is 5.73 Å². The van der Waals surface area contributed by atoms with Gasteiger partial charge in [-0.25, -0.2) is 4.39 Å². The first-order chi connectivity index (χ1) is 10.0. The summed E-state index contributed by atoms with van der Waals surface area (Å²) in [5, 5.41) is 9.70. The lowest BCUT2D eigenvalue weighted by molar-refractivity contribution is -0.143. The van der Waals surface area contributed by atoms with Crippen LogP contribution in [0.25, 0.3) is 0 Å². The van der Waals surface area contributed by atoms with Crippen molar-refractivity contribution in [1.29, 1.82) is 0 Å². The number of thiophene rings is 1. The second kappa shape index (κ2) is 6.37. The number of benzene rings is 1. The van der Waals surface area contributed by atoms with Crippen LogP contribution in [-0.4, -0.2) is 17.6 Å². The van der Waals surface area contributed by atoms with Crippen molar-refractivity contribution in [3.8, 4) is 0 Å². The number of aryl methyl sites for hydroxylation is 1. The fraction of sp³-hybridized carbons (Fsp3) is 0.312. The standard InChI is InChI=1S/C16H18FNO2S/c1-2-13-7-8-14(21-13)9-16(10-18,15(19)20)11-3-5-12(17)6-4-11/h3-8H,2,9-10,18H2,1H3,(H,19,20). The number of carboxylic acids is 1. The third-order valence-corrected chi connectivity index (χ3v) is 4.93. The normalized spacial score (nSPS) is 13.9. The zero-order valence-corrected chi connectivity index (χ0v) is 12.6. The molecular formula is C16H18FNO2S. The van der Waals surface area contributed by atoms with Crippen molar-refractivity contribution in [1.82, 2.24) is 0 Å². The van der Waals surface area contributed by atoms with E-state index in [0.717, 1.165) is 11.3 Å². The average Bonchev–Trinajstić information content (AvgIpc) is 2.93. The molecule has 0 spiro atoms. The van der Waals surface area contributed by atoms with Crippen LogP contribution >= 0.6 is 11.3 Å². The molecule has 1 heterocycles. The molecule has 0 aliphatic carbocycles. The summed E-state index contributed by atoms with van der Waals surface area (Å²) in [6.07, 6.45) is 1.24. The van der Waals surface area contributed by atoms with E-state index in [2.05, 4.69) is 6.92 Å². The number of carboxylic acid groups (broad SMARTS) is 1. The van der Waals surface area contributed by atoms with Crippen LogP contribution in [-0.2, 0) is 23.1 Å². The van der Waals surface area contributed by atoms with E-state index in [1.165, 1.54) is 29.1 Å². The van der Waals surface area contributed by atoms with Crippen LogP contribution in [0.1, 0.15) is 22.2 Å². The Kier molecular flexibility index (Phi) is 4.75. The molecule has 0 saturated carbocycles. The average molecular weight is 307 g/mol. The SMILES string of the molecule is CCc1ccc(CC(CN)(C(=O)O)c2ccc(F)cc2)s1. The first kappa shape index (κ1) is 15.7. The van der Waals surface area contributed by atoms with Gasteiger partial charge in [-0.1, -0.05) is 19.1 Å². The zero-order valence-electron chi connectivity index (χ0n) is 11.8. The maximum absolute atomic E-state index is 13.1. The fourth-order valence-corrected chi connectivity index (χ4v) is 3.42. The molecule has 0 aliphatic heterocycles. The Balaban J connectivity index is 2.41. The molecule has 1 atom stereocenters. The van der Waals surface area contributed by atoms with Gasteiger partial charge in [-0.05, 0) is 36.2 Å². The number of hydrogen-bond donors (Lipinski definition) is 2. The molecule has 2 rings (SSSR count). The summed E-state index contributed by atoms with van der Waals surface area (Å²) in [7, 11) is 0. The van der Waals surface area contributed by atoms with Crippen LogP contribution in [0.2, 0.25) is 0 Å². The maximum atomic E-state index is 13.1. The van der Waals surface area contributed by atoms with Gasteiger partial charge < -0.3 is 10.8 Å². The number of halogens is 1. The molecule has 5 heteroatoms. The van der Waals surface area contributed by atoms with E-state index in [-0.39, 0.29) is 12.4 Å². The lowest BCUT2D eigenvalue weighted by Gasteiger charge is -2.28. The molecule has 0 amide bonds. The minimum atomic E-state index is -1.22. The monoisotopic (exact) mass is 307 g/mol. The number of carbonyl (C=O) groups is 1. The highest BCUT2D eigenvalue weighted by Crippen LogP contribution is 2.31. The lowest BCUT2D eigenvalue weighted by atomic mass is 9.77. The molecule has 0 radical (unpaired) electrons. The summed E-state index contributed by atoms with van der Waals surface area (Å²) in [5.41, 5.74) is 5.11. The molecule has 0 aliphatic rings. The Morgan fingerprint density at radius 1 is 1.24 bits per heavy atom. The van der Waals surface area contributed by atoms with Crippen molar-refractivity contribution in [3.05, 3.63) is 57.5 Å². The highest BCUT2D eigenvalue weighted by Gasteiger charge is 2.39. The maximum Gasteiger partial charge on any atom is 0.315 e. The van der Waals surface area contributed by atoms with Gasteiger partial charge in [0.25, 0.3) is 0 Å². The molecule has 0 bridgehead atoms. The molecule has 0 fully saturated rings. The lowest BCUT2D eigenvalue weighted by Crippen LogP contribution is -2.44. The van der Waals surface area contributed by atoms with Crippen molar-refractivity contribution >= 4 is 17.3 Å². The van der Waals surface area contributed by atoms with E-state index < -0.39 is 11.4 Å². The van der Waals surface area contributed by atoms with Gasteiger partial charge in [0.15, 0.2) is 0 Å². The molecule has 1 unspecified atom stereocenters. The van der Waals surface area contributed by atoms with E-state index in [4.69, 9.17) is 5.73 Å². The number of rotatable bonds is 6. The van der Waals surface area contributed by atoms with Crippen molar-refractivity contribution in [2.75, 3.05) is 6.54 Å². The Hall–Kier alpha value is -1.72. The predicted octanol–water partition coefficient (Wildman–Crippen LogP) is 2.97. The molecule has 0 saturated heterocycles. The Morgan fingerprint density at radius 3 is 2.33 bits per heavy atom. The minimum Gasteiger partial charge on any atom is -0.481 e. The van der Waals surface area contributed by atoms with E-state index in [1.807, 2.05) is 12.1 Å². The van der Waals surface area contributed by atoms with Crippen molar-refractivity contribution in [3.63, 3.8) is 0 Å². The highest BCUT2D eigenvalue weighted by molar-refractivity contribution is 7.12. The van der Waals surface area contributed by atoms with E-state index in [0.29, 0.717) is 12.0 Å². The van der Waals surface area contributed by atoms with Crippen LogP contribution in [0.15, 0.2) is 36.4 Å². The minimum absolute atomic E-state index is 0.0344. The van der Waals surface area contributed by atoms with Gasteiger partial charge in [-0.3, -0.25) is 4.79 Å². The molecular weight excluding hydrogens is 289 g/mol. The van der Waals surface area contributed by atoms with Gasteiger partial charge in [0, 0.05) is 22.7 Å².